The van der Waals surface area contributed by atoms with Crippen LogP contribution in [0.15, 0.2) is 48.8 Å². The maximum atomic E-state index is 4.48. The fourth-order valence-electron chi connectivity index (χ4n) is 2.03. The molecular formula is C14H17N2P. The number of hydrogen-bond acceptors (Lipinski definition) is 2. The van der Waals surface area contributed by atoms with Gasteiger partial charge in [-0.3, -0.25) is 9.97 Å². The van der Waals surface area contributed by atoms with Gasteiger partial charge in [0, 0.05) is 12.4 Å². The molecule has 2 heterocycles. The first kappa shape index (κ1) is 12.2. The first-order valence-corrected chi connectivity index (χ1v) is 6.47. The van der Waals surface area contributed by atoms with E-state index in [1.807, 2.05) is 36.7 Å². The summed E-state index contributed by atoms with van der Waals surface area (Å²) in [4.78, 5) is 8.97. The third kappa shape index (κ3) is 2.53. The molecule has 2 aromatic heterocycles. The SMILES string of the molecule is CCCC(P)(c1ccccn1)c1ccccn1. The number of rotatable bonds is 4. The normalized spacial score (nSPS) is 11.4. The quantitative estimate of drug-likeness (QED) is 0.770. The highest BCUT2D eigenvalue weighted by Gasteiger charge is 2.30. The van der Waals surface area contributed by atoms with Gasteiger partial charge in [-0.2, -0.15) is 0 Å². The van der Waals surface area contributed by atoms with E-state index in [1.54, 1.807) is 0 Å². The van der Waals surface area contributed by atoms with Gasteiger partial charge in [-0.15, -0.1) is 9.24 Å². The summed E-state index contributed by atoms with van der Waals surface area (Å²) >= 11 is 0. The maximum Gasteiger partial charge on any atom is 0.0687 e. The van der Waals surface area contributed by atoms with Crippen LogP contribution in [0.5, 0.6) is 0 Å². The minimum Gasteiger partial charge on any atom is -0.260 e. The average Bonchev–Trinajstić information content (AvgIpc) is 2.41. The summed E-state index contributed by atoms with van der Waals surface area (Å²) in [5, 5.41) is -0.169. The fourth-order valence-corrected chi connectivity index (χ4v) is 2.67. The van der Waals surface area contributed by atoms with Crippen LogP contribution in [0.25, 0.3) is 0 Å². The Balaban J connectivity index is 2.47. The van der Waals surface area contributed by atoms with Crippen LogP contribution >= 0.6 is 9.24 Å². The van der Waals surface area contributed by atoms with E-state index >= 15 is 0 Å². The lowest BCUT2D eigenvalue weighted by Crippen LogP contribution is -2.22. The predicted molar refractivity (Wildman–Crippen MR) is 73.9 cm³/mol. The molecular weight excluding hydrogens is 227 g/mol. The third-order valence-electron chi connectivity index (χ3n) is 2.89. The standard InChI is InChI=1S/C14H17N2P/c1-2-9-14(17,12-7-3-5-10-15-12)13-8-4-6-11-16-13/h3-8,10-11H,2,9,17H2,1H3. The number of hydrogen-bond donors (Lipinski definition) is 0. The molecule has 88 valence electrons. The van der Waals surface area contributed by atoms with Crippen molar-refractivity contribution < 1.29 is 0 Å². The van der Waals surface area contributed by atoms with Crippen LogP contribution in [0.2, 0.25) is 0 Å². The molecule has 17 heavy (non-hydrogen) atoms. The van der Waals surface area contributed by atoms with Crippen LogP contribution in [0.1, 0.15) is 31.2 Å². The van der Waals surface area contributed by atoms with Crippen LogP contribution in [-0.4, -0.2) is 9.97 Å². The molecule has 2 aromatic rings. The van der Waals surface area contributed by atoms with E-state index in [0.717, 1.165) is 24.2 Å². The average molecular weight is 244 g/mol. The maximum absolute atomic E-state index is 4.48. The van der Waals surface area contributed by atoms with Crippen LogP contribution in [0.3, 0.4) is 0 Å². The van der Waals surface area contributed by atoms with Crippen LogP contribution in [0, 0.1) is 0 Å². The van der Waals surface area contributed by atoms with Gasteiger partial charge in [-0.1, -0.05) is 25.5 Å². The van der Waals surface area contributed by atoms with Crippen molar-refractivity contribution in [2.45, 2.75) is 24.9 Å². The molecule has 0 spiro atoms. The molecule has 0 N–H and O–H groups in total. The van der Waals surface area contributed by atoms with Crippen molar-refractivity contribution in [3.63, 3.8) is 0 Å². The van der Waals surface area contributed by atoms with E-state index in [4.69, 9.17) is 0 Å². The first-order valence-electron chi connectivity index (χ1n) is 5.89. The molecule has 0 amide bonds. The van der Waals surface area contributed by atoms with Gasteiger partial charge in [0.15, 0.2) is 0 Å². The minimum absolute atomic E-state index is 0.169. The highest BCUT2D eigenvalue weighted by atomic mass is 31.0. The molecule has 1 atom stereocenters. The molecule has 0 aliphatic heterocycles. The molecule has 2 rings (SSSR count). The van der Waals surface area contributed by atoms with E-state index in [2.05, 4.69) is 38.3 Å². The van der Waals surface area contributed by atoms with Gasteiger partial charge in [-0.25, -0.2) is 0 Å². The Hall–Kier alpha value is -1.27. The van der Waals surface area contributed by atoms with E-state index < -0.39 is 0 Å². The summed E-state index contributed by atoms with van der Waals surface area (Å²) < 4.78 is 0. The van der Waals surface area contributed by atoms with E-state index in [-0.39, 0.29) is 5.16 Å². The lowest BCUT2D eigenvalue weighted by atomic mass is 9.93. The molecule has 0 saturated carbocycles. The van der Waals surface area contributed by atoms with E-state index in [0.29, 0.717) is 0 Å². The topological polar surface area (TPSA) is 25.8 Å². The smallest absolute Gasteiger partial charge is 0.0687 e. The fraction of sp³-hybridized carbons (Fsp3) is 0.286. The van der Waals surface area contributed by atoms with Crippen LogP contribution in [-0.2, 0) is 5.16 Å². The summed E-state index contributed by atoms with van der Waals surface area (Å²) in [6.07, 6.45) is 5.79. The van der Waals surface area contributed by atoms with Crippen molar-refractivity contribution in [2.75, 3.05) is 0 Å². The van der Waals surface area contributed by atoms with Crippen molar-refractivity contribution in [1.29, 1.82) is 0 Å². The Morgan fingerprint density at radius 2 is 1.53 bits per heavy atom. The second-order valence-electron chi connectivity index (χ2n) is 4.15. The van der Waals surface area contributed by atoms with Crippen molar-refractivity contribution in [3.8, 4) is 0 Å². The molecule has 3 heteroatoms. The van der Waals surface area contributed by atoms with Crippen molar-refractivity contribution in [1.82, 2.24) is 9.97 Å². The second-order valence-corrected chi connectivity index (χ2v) is 5.14. The first-order chi connectivity index (χ1) is 8.27. The van der Waals surface area contributed by atoms with Crippen LogP contribution in [0.4, 0.5) is 0 Å². The molecule has 0 aliphatic rings. The summed E-state index contributed by atoms with van der Waals surface area (Å²) in [5.41, 5.74) is 2.12. The van der Waals surface area contributed by atoms with E-state index in [9.17, 15) is 0 Å². The zero-order valence-corrected chi connectivity index (χ0v) is 11.2. The van der Waals surface area contributed by atoms with Crippen molar-refractivity contribution >= 4 is 9.24 Å². The summed E-state index contributed by atoms with van der Waals surface area (Å²) in [6.45, 7) is 2.19. The largest absolute Gasteiger partial charge is 0.260 e. The van der Waals surface area contributed by atoms with Gasteiger partial charge in [0.05, 0.1) is 16.5 Å². The van der Waals surface area contributed by atoms with Gasteiger partial charge in [0.25, 0.3) is 0 Å². The lowest BCUT2D eigenvalue weighted by molar-refractivity contribution is 0.611. The number of pyridine rings is 2. The summed E-state index contributed by atoms with van der Waals surface area (Å²) in [7, 11) is 2.94. The highest BCUT2D eigenvalue weighted by molar-refractivity contribution is 7.18. The zero-order chi connectivity index (χ0) is 12.1. The Morgan fingerprint density at radius 3 is 1.88 bits per heavy atom. The van der Waals surface area contributed by atoms with Crippen molar-refractivity contribution in [2.24, 2.45) is 0 Å². The van der Waals surface area contributed by atoms with Crippen molar-refractivity contribution in [3.05, 3.63) is 60.2 Å². The second kappa shape index (κ2) is 5.37. The number of aromatic nitrogens is 2. The van der Waals surface area contributed by atoms with E-state index in [1.165, 1.54) is 0 Å². The molecule has 0 aromatic carbocycles. The zero-order valence-electron chi connectivity index (χ0n) is 10.0. The summed E-state index contributed by atoms with van der Waals surface area (Å²) in [5.74, 6) is 0. The number of nitrogens with zero attached hydrogens (tertiary/aromatic N) is 2. The molecule has 2 nitrogen and oxygen atoms in total. The molecule has 1 unspecified atom stereocenters. The Kier molecular flexibility index (Phi) is 3.86. The lowest BCUT2D eigenvalue weighted by Gasteiger charge is -2.27. The predicted octanol–water partition coefficient (Wildman–Crippen LogP) is 3.40. The Bertz CT molecular complexity index is 417. The van der Waals surface area contributed by atoms with Gasteiger partial charge >= 0.3 is 0 Å². The minimum atomic E-state index is -0.169. The van der Waals surface area contributed by atoms with Crippen LogP contribution < -0.4 is 0 Å². The monoisotopic (exact) mass is 244 g/mol. The van der Waals surface area contributed by atoms with Gasteiger partial charge < -0.3 is 0 Å². The third-order valence-corrected chi connectivity index (χ3v) is 3.77. The highest BCUT2D eigenvalue weighted by Crippen LogP contribution is 2.40. The summed E-state index contributed by atoms with van der Waals surface area (Å²) in [6, 6.07) is 12.1. The molecule has 0 radical (unpaired) electrons. The molecule has 0 saturated heterocycles. The Morgan fingerprint density at radius 1 is 1.00 bits per heavy atom. The van der Waals surface area contributed by atoms with Gasteiger partial charge in [0.2, 0.25) is 0 Å². The van der Waals surface area contributed by atoms with Gasteiger partial charge in [-0.05, 0) is 30.7 Å². The van der Waals surface area contributed by atoms with Gasteiger partial charge in [0.1, 0.15) is 0 Å². The Labute approximate surface area is 105 Å². The molecule has 0 bridgehead atoms. The molecule has 0 aliphatic carbocycles. The molecule has 0 fully saturated rings.